The topological polar surface area (TPSA) is 88.4 Å². The summed E-state index contributed by atoms with van der Waals surface area (Å²) in [5.74, 6) is 1.24. The van der Waals surface area contributed by atoms with Crippen LogP contribution in [0.1, 0.15) is 31.0 Å². The first-order chi connectivity index (χ1) is 18.9. The van der Waals surface area contributed by atoms with Crippen LogP contribution in [-0.2, 0) is 9.53 Å². The molecule has 3 aromatic carbocycles. The summed E-state index contributed by atoms with van der Waals surface area (Å²) >= 11 is 1.25. The highest BCUT2D eigenvalue weighted by Crippen LogP contribution is 2.40. The van der Waals surface area contributed by atoms with Crippen molar-refractivity contribution in [3.8, 4) is 17.2 Å². The van der Waals surface area contributed by atoms with Gasteiger partial charge in [-0.2, -0.15) is 0 Å². The van der Waals surface area contributed by atoms with E-state index in [0.717, 1.165) is 10.8 Å². The molecule has 1 atom stereocenters. The molecule has 0 saturated heterocycles. The number of allylic oxidation sites excluding steroid dienone is 1. The number of aromatic nitrogens is 1. The van der Waals surface area contributed by atoms with E-state index in [0.29, 0.717) is 49.0 Å². The lowest BCUT2D eigenvalue weighted by Gasteiger charge is -2.27. The van der Waals surface area contributed by atoms with Crippen molar-refractivity contribution in [3.63, 3.8) is 0 Å². The van der Waals surface area contributed by atoms with E-state index in [1.807, 2.05) is 42.5 Å². The molecule has 0 N–H and O–H groups in total. The minimum absolute atomic E-state index is 0.191. The van der Waals surface area contributed by atoms with Crippen molar-refractivity contribution in [1.29, 1.82) is 0 Å². The molecule has 0 saturated carbocycles. The molecule has 1 aromatic heterocycles. The standard InChI is InChI=1S/C30H28N2O6S/c1-6-38-29(34)25-17(2)31-30-32(27(25)26-21-10-8-7-9-18(21)12-14-22(26)36-4)28(33)24(39-30)15-19-11-13-20(35-3)16-23(19)37-5/h7-16,27H,6H2,1-5H3/b24-15+/t27-/m0/s1. The fourth-order valence-corrected chi connectivity index (χ4v) is 5.92. The molecule has 9 heteroatoms. The van der Waals surface area contributed by atoms with E-state index in [-0.39, 0.29) is 12.2 Å². The van der Waals surface area contributed by atoms with E-state index in [1.165, 1.54) is 11.3 Å². The molecule has 0 aliphatic carbocycles. The number of fused-ring (bicyclic) bond motifs is 2. The normalized spacial score (nSPS) is 15.1. The zero-order valence-electron chi connectivity index (χ0n) is 22.3. The minimum atomic E-state index is -0.804. The van der Waals surface area contributed by atoms with Gasteiger partial charge < -0.3 is 18.9 Å². The van der Waals surface area contributed by atoms with Crippen LogP contribution in [0.3, 0.4) is 0 Å². The number of benzene rings is 3. The summed E-state index contributed by atoms with van der Waals surface area (Å²) in [6, 6.07) is 16.2. The Morgan fingerprint density at radius 1 is 1.03 bits per heavy atom. The first-order valence-corrected chi connectivity index (χ1v) is 13.2. The molecule has 0 spiro atoms. The maximum Gasteiger partial charge on any atom is 0.338 e. The van der Waals surface area contributed by atoms with Gasteiger partial charge in [0.25, 0.3) is 5.56 Å². The van der Waals surface area contributed by atoms with Crippen molar-refractivity contribution in [2.75, 3.05) is 27.9 Å². The van der Waals surface area contributed by atoms with Crippen LogP contribution in [0, 0.1) is 0 Å². The minimum Gasteiger partial charge on any atom is -0.497 e. The Labute approximate surface area is 229 Å². The fraction of sp³-hybridized carbons (Fsp3) is 0.233. The van der Waals surface area contributed by atoms with Crippen molar-refractivity contribution in [3.05, 3.63) is 96.7 Å². The fourth-order valence-electron chi connectivity index (χ4n) is 4.88. The third kappa shape index (κ3) is 4.59. The Bertz CT molecular complexity index is 1800. The Morgan fingerprint density at radius 3 is 2.51 bits per heavy atom. The van der Waals surface area contributed by atoms with Gasteiger partial charge in [-0.15, -0.1) is 0 Å². The molecule has 39 heavy (non-hydrogen) atoms. The largest absolute Gasteiger partial charge is 0.497 e. The van der Waals surface area contributed by atoms with Gasteiger partial charge in [0.05, 0.1) is 43.7 Å². The van der Waals surface area contributed by atoms with Gasteiger partial charge >= 0.3 is 5.97 Å². The number of nitrogens with zero attached hydrogens (tertiary/aromatic N) is 2. The van der Waals surface area contributed by atoms with Gasteiger partial charge in [-0.1, -0.05) is 41.7 Å². The summed E-state index contributed by atoms with van der Waals surface area (Å²) in [5.41, 5.74) is 1.91. The molecule has 1 aliphatic heterocycles. The number of esters is 1. The number of methoxy groups -OCH3 is 3. The molecule has 200 valence electrons. The van der Waals surface area contributed by atoms with E-state index in [2.05, 4.69) is 4.99 Å². The van der Waals surface area contributed by atoms with Crippen LogP contribution in [-0.4, -0.2) is 38.5 Å². The van der Waals surface area contributed by atoms with Gasteiger partial charge in [0.15, 0.2) is 4.80 Å². The molecule has 2 heterocycles. The second kappa shape index (κ2) is 10.8. The number of ether oxygens (including phenoxy) is 4. The molecular weight excluding hydrogens is 516 g/mol. The summed E-state index contributed by atoms with van der Waals surface area (Å²) in [5, 5.41) is 1.82. The highest BCUT2D eigenvalue weighted by atomic mass is 32.1. The lowest BCUT2D eigenvalue weighted by atomic mass is 9.90. The van der Waals surface area contributed by atoms with Crippen molar-refractivity contribution in [1.82, 2.24) is 4.57 Å². The molecule has 4 aromatic rings. The monoisotopic (exact) mass is 544 g/mol. The highest BCUT2D eigenvalue weighted by molar-refractivity contribution is 7.07. The van der Waals surface area contributed by atoms with E-state index < -0.39 is 12.0 Å². The van der Waals surface area contributed by atoms with E-state index in [1.54, 1.807) is 58.0 Å². The predicted octanol–water partition coefficient (Wildman–Crippen LogP) is 3.98. The summed E-state index contributed by atoms with van der Waals surface area (Å²) < 4.78 is 24.1. The molecule has 0 radical (unpaired) electrons. The number of rotatable bonds is 7. The number of carbonyl (C=O) groups is 1. The SMILES string of the molecule is CCOC(=O)C1=C(C)N=c2s/c(=C/c3ccc(OC)cc3OC)c(=O)n2[C@@H]1c1c(OC)ccc2ccccc12. The second-order valence-corrected chi connectivity index (χ2v) is 9.82. The zero-order valence-corrected chi connectivity index (χ0v) is 23.1. The molecule has 8 nitrogen and oxygen atoms in total. The Kier molecular flexibility index (Phi) is 7.26. The van der Waals surface area contributed by atoms with Gasteiger partial charge in [0.1, 0.15) is 23.3 Å². The Balaban J connectivity index is 1.83. The van der Waals surface area contributed by atoms with Crippen LogP contribution in [0.15, 0.2) is 75.7 Å². The third-order valence-corrected chi connectivity index (χ3v) is 7.65. The molecular formula is C30H28N2O6S. The average Bonchev–Trinajstić information content (AvgIpc) is 3.25. The van der Waals surface area contributed by atoms with Gasteiger partial charge in [-0.05, 0) is 48.9 Å². The van der Waals surface area contributed by atoms with Gasteiger partial charge in [0, 0.05) is 17.2 Å². The Hall–Kier alpha value is -4.37. The summed E-state index contributed by atoms with van der Waals surface area (Å²) in [7, 11) is 4.72. The lowest BCUT2D eigenvalue weighted by molar-refractivity contribution is -0.139. The number of thiazole rings is 1. The van der Waals surface area contributed by atoms with Crippen LogP contribution in [0.4, 0.5) is 0 Å². The first-order valence-electron chi connectivity index (χ1n) is 12.4. The predicted molar refractivity (Wildman–Crippen MR) is 150 cm³/mol. The first kappa shape index (κ1) is 26.2. The zero-order chi connectivity index (χ0) is 27.7. The molecule has 0 amide bonds. The van der Waals surface area contributed by atoms with Gasteiger partial charge in [-0.25, -0.2) is 9.79 Å². The second-order valence-electron chi connectivity index (χ2n) is 8.81. The molecule has 0 bridgehead atoms. The van der Waals surface area contributed by atoms with Crippen molar-refractivity contribution in [2.24, 2.45) is 4.99 Å². The molecule has 0 unspecified atom stereocenters. The van der Waals surface area contributed by atoms with Crippen molar-refractivity contribution in [2.45, 2.75) is 19.9 Å². The van der Waals surface area contributed by atoms with Gasteiger partial charge in [-0.3, -0.25) is 9.36 Å². The van der Waals surface area contributed by atoms with Crippen molar-refractivity contribution < 1.29 is 23.7 Å². The average molecular weight is 545 g/mol. The number of carbonyl (C=O) groups excluding carboxylic acids is 1. The molecule has 1 aliphatic rings. The van der Waals surface area contributed by atoms with Crippen LogP contribution < -0.4 is 29.1 Å². The summed E-state index contributed by atoms with van der Waals surface area (Å²) in [6.07, 6.45) is 1.77. The molecule has 5 rings (SSSR count). The number of hydrogen-bond donors (Lipinski definition) is 0. The maximum atomic E-state index is 14.1. The maximum absolute atomic E-state index is 14.1. The summed E-state index contributed by atoms with van der Waals surface area (Å²) in [6.45, 7) is 3.70. The lowest BCUT2D eigenvalue weighted by Crippen LogP contribution is -2.40. The smallest absolute Gasteiger partial charge is 0.338 e. The van der Waals surface area contributed by atoms with Crippen molar-refractivity contribution >= 4 is 34.2 Å². The highest BCUT2D eigenvalue weighted by Gasteiger charge is 2.36. The van der Waals surface area contributed by atoms with E-state index >= 15 is 0 Å². The van der Waals surface area contributed by atoms with Crippen LogP contribution >= 0.6 is 11.3 Å². The Morgan fingerprint density at radius 2 is 1.79 bits per heavy atom. The van der Waals surface area contributed by atoms with Crippen LogP contribution in [0.5, 0.6) is 17.2 Å². The molecule has 0 fully saturated rings. The van der Waals surface area contributed by atoms with E-state index in [4.69, 9.17) is 18.9 Å². The summed E-state index contributed by atoms with van der Waals surface area (Å²) in [4.78, 5) is 32.6. The number of hydrogen-bond acceptors (Lipinski definition) is 8. The van der Waals surface area contributed by atoms with Gasteiger partial charge in [0.2, 0.25) is 0 Å². The van der Waals surface area contributed by atoms with Crippen LogP contribution in [0.25, 0.3) is 16.8 Å². The third-order valence-electron chi connectivity index (χ3n) is 6.67. The van der Waals surface area contributed by atoms with Crippen LogP contribution in [0.2, 0.25) is 0 Å². The van der Waals surface area contributed by atoms with E-state index in [9.17, 15) is 9.59 Å². The quantitative estimate of drug-likeness (QED) is 0.327.